The van der Waals surface area contributed by atoms with Gasteiger partial charge in [-0.25, -0.2) is 4.98 Å². The summed E-state index contributed by atoms with van der Waals surface area (Å²) >= 11 is 0. The lowest BCUT2D eigenvalue weighted by atomic mass is 9.77. The monoisotopic (exact) mass is 272 g/mol. The summed E-state index contributed by atoms with van der Waals surface area (Å²) in [5, 5.41) is 0.522. The number of nitrogens with zero attached hydrogens (tertiary/aromatic N) is 1. The molecule has 0 atom stereocenters. The molecule has 1 fully saturated rings. The summed E-state index contributed by atoms with van der Waals surface area (Å²) in [7, 11) is -0.561. The van der Waals surface area contributed by atoms with Crippen LogP contribution in [0.1, 0.15) is 27.7 Å². The van der Waals surface area contributed by atoms with Gasteiger partial charge in [0.05, 0.1) is 28.4 Å². The predicted molar refractivity (Wildman–Crippen MR) is 78.1 cm³/mol. The van der Waals surface area contributed by atoms with Crippen molar-refractivity contribution in [1.82, 2.24) is 9.97 Å². The molecular weight excluding hydrogens is 255 g/mol. The fraction of sp³-hybridized carbons (Fsp3) is 0.429. The first kappa shape index (κ1) is 13.3. The molecule has 0 saturated carbocycles. The minimum Gasteiger partial charge on any atom is -0.399 e. The smallest absolute Gasteiger partial charge is 0.399 e. The number of rotatable bonds is 1. The standard InChI is InChI=1S/C14H17BN2O3/c1-13(2)14(3,4)20-15(19-13)9-6-5-7-10-11(9)12(18)17-8-16-10/h5-8H,1-4H3,(H,16,17,18). The van der Waals surface area contributed by atoms with Crippen LogP contribution in [0.4, 0.5) is 0 Å². The van der Waals surface area contributed by atoms with E-state index in [1.165, 1.54) is 6.33 Å². The van der Waals surface area contributed by atoms with E-state index in [4.69, 9.17) is 9.31 Å². The summed E-state index contributed by atoms with van der Waals surface area (Å²) in [5.41, 5.74) is 0.306. The maximum atomic E-state index is 12.1. The van der Waals surface area contributed by atoms with Gasteiger partial charge in [0.15, 0.2) is 0 Å². The van der Waals surface area contributed by atoms with Crippen LogP contribution < -0.4 is 11.0 Å². The molecule has 0 spiro atoms. The molecule has 1 aromatic carbocycles. The van der Waals surface area contributed by atoms with Gasteiger partial charge in [-0.2, -0.15) is 0 Å². The zero-order valence-electron chi connectivity index (χ0n) is 12.1. The van der Waals surface area contributed by atoms with Gasteiger partial charge >= 0.3 is 7.12 Å². The first-order chi connectivity index (χ1) is 9.32. The molecule has 104 valence electrons. The largest absolute Gasteiger partial charge is 0.495 e. The van der Waals surface area contributed by atoms with Gasteiger partial charge in [0, 0.05) is 0 Å². The van der Waals surface area contributed by atoms with Crippen molar-refractivity contribution >= 4 is 23.5 Å². The van der Waals surface area contributed by atoms with E-state index in [1.54, 1.807) is 6.07 Å². The van der Waals surface area contributed by atoms with Gasteiger partial charge in [-0.1, -0.05) is 12.1 Å². The predicted octanol–water partition coefficient (Wildman–Crippen LogP) is 1.22. The van der Waals surface area contributed by atoms with E-state index >= 15 is 0 Å². The number of aromatic amines is 1. The fourth-order valence-electron chi connectivity index (χ4n) is 2.31. The molecule has 1 aliphatic heterocycles. The van der Waals surface area contributed by atoms with Crippen molar-refractivity contribution in [3.05, 3.63) is 34.9 Å². The molecule has 2 aromatic rings. The van der Waals surface area contributed by atoms with Crippen molar-refractivity contribution in [3.63, 3.8) is 0 Å². The van der Waals surface area contributed by atoms with Crippen LogP contribution in [-0.2, 0) is 9.31 Å². The van der Waals surface area contributed by atoms with E-state index in [9.17, 15) is 4.79 Å². The number of fused-ring (bicyclic) bond motifs is 1. The average molecular weight is 272 g/mol. The summed E-state index contributed by atoms with van der Waals surface area (Å²) < 4.78 is 12.0. The topological polar surface area (TPSA) is 64.2 Å². The zero-order chi connectivity index (χ0) is 14.5. The van der Waals surface area contributed by atoms with E-state index in [0.717, 1.165) is 5.46 Å². The summed E-state index contributed by atoms with van der Waals surface area (Å²) in [5.74, 6) is 0. The molecule has 5 nitrogen and oxygen atoms in total. The first-order valence-electron chi connectivity index (χ1n) is 6.64. The van der Waals surface area contributed by atoms with Gasteiger partial charge in [0.2, 0.25) is 0 Å². The minimum absolute atomic E-state index is 0.180. The SMILES string of the molecule is CC1(C)OB(c2cccc3nc[nH]c(=O)c23)OC1(C)C. The zero-order valence-corrected chi connectivity index (χ0v) is 12.1. The molecule has 0 amide bonds. The Hall–Kier alpha value is -1.66. The highest BCUT2D eigenvalue weighted by atomic mass is 16.7. The van der Waals surface area contributed by atoms with Crippen LogP contribution in [0, 0.1) is 0 Å². The molecule has 1 saturated heterocycles. The number of hydrogen-bond donors (Lipinski definition) is 1. The lowest BCUT2D eigenvalue weighted by Crippen LogP contribution is -2.41. The summed E-state index contributed by atoms with van der Waals surface area (Å²) in [6.45, 7) is 7.95. The van der Waals surface area contributed by atoms with Crippen LogP contribution in [0.15, 0.2) is 29.3 Å². The second kappa shape index (κ2) is 4.17. The van der Waals surface area contributed by atoms with Crippen molar-refractivity contribution in [2.75, 3.05) is 0 Å². The Labute approximate surface area is 117 Å². The molecule has 1 N–H and O–H groups in total. The Kier molecular flexibility index (Phi) is 2.78. The van der Waals surface area contributed by atoms with Crippen LogP contribution in [0.3, 0.4) is 0 Å². The van der Waals surface area contributed by atoms with Crippen molar-refractivity contribution in [2.45, 2.75) is 38.9 Å². The molecule has 1 aliphatic rings. The Morgan fingerprint density at radius 1 is 1.15 bits per heavy atom. The molecule has 0 radical (unpaired) electrons. The van der Waals surface area contributed by atoms with Gasteiger partial charge in [0.1, 0.15) is 0 Å². The van der Waals surface area contributed by atoms with Crippen LogP contribution in [0.2, 0.25) is 0 Å². The number of hydrogen-bond acceptors (Lipinski definition) is 4. The maximum absolute atomic E-state index is 12.1. The lowest BCUT2D eigenvalue weighted by molar-refractivity contribution is 0.00578. The quantitative estimate of drug-likeness (QED) is 0.793. The molecule has 2 heterocycles. The van der Waals surface area contributed by atoms with Crippen LogP contribution in [0.5, 0.6) is 0 Å². The Balaban J connectivity index is 2.16. The number of aromatic nitrogens is 2. The first-order valence-corrected chi connectivity index (χ1v) is 6.64. The van der Waals surface area contributed by atoms with Gasteiger partial charge in [-0.05, 0) is 39.2 Å². The van der Waals surface area contributed by atoms with Gasteiger partial charge in [0.25, 0.3) is 5.56 Å². The van der Waals surface area contributed by atoms with Gasteiger partial charge < -0.3 is 14.3 Å². The van der Waals surface area contributed by atoms with Gasteiger partial charge in [-0.15, -0.1) is 0 Å². The van der Waals surface area contributed by atoms with Crippen molar-refractivity contribution in [2.24, 2.45) is 0 Å². The molecule has 0 unspecified atom stereocenters. The summed E-state index contributed by atoms with van der Waals surface area (Å²) in [4.78, 5) is 18.9. The third-order valence-electron chi connectivity index (χ3n) is 4.21. The normalized spacial score (nSPS) is 20.5. The molecule has 20 heavy (non-hydrogen) atoms. The van der Waals surface area contributed by atoms with Crippen LogP contribution >= 0.6 is 0 Å². The highest BCUT2D eigenvalue weighted by Crippen LogP contribution is 2.36. The van der Waals surface area contributed by atoms with Gasteiger partial charge in [-0.3, -0.25) is 4.79 Å². The number of H-pyrrole nitrogens is 1. The van der Waals surface area contributed by atoms with Crippen molar-refractivity contribution in [3.8, 4) is 0 Å². The fourth-order valence-corrected chi connectivity index (χ4v) is 2.31. The van der Waals surface area contributed by atoms with Crippen molar-refractivity contribution in [1.29, 1.82) is 0 Å². The van der Waals surface area contributed by atoms with Crippen LogP contribution in [0.25, 0.3) is 10.9 Å². The Bertz CT molecular complexity index is 702. The van der Waals surface area contributed by atoms with E-state index < -0.39 is 18.3 Å². The number of nitrogens with one attached hydrogen (secondary N) is 1. The molecule has 3 rings (SSSR count). The maximum Gasteiger partial charge on any atom is 0.495 e. The highest BCUT2D eigenvalue weighted by Gasteiger charge is 2.52. The van der Waals surface area contributed by atoms with E-state index in [1.807, 2.05) is 39.8 Å². The molecular formula is C14H17BN2O3. The van der Waals surface area contributed by atoms with E-state index in [0.29, 0.717) is 10.9 Å². The lowest BCUT2D eigenvalue weighted by Gasteiger charge is -2.32. The Morgan fingerprint density at radius 2 is 1.80 bits per heavy atom. The number of benzene rings is 1. The summed E-state index contributed by atoms with van der Waals surface area (Å²) in [6, 6.07) is 5.51. The van der Waals surface area contributed by atoms with E-state index in [-0.39, 0.29) is 5.56 Å². The minimum atomic E-state index is -0.561. The van der Waals surface area contributed by atoms with E-state index in [2.05, 4.69) is 9.97 Å². The average Bonchev–Trinajstić information content (AvgIpc) is 2.58. The molecule has 0 aliphatic carbocycles. The third-order valence-corrected chi connectivity index (χ3v) is 4.21. The molecule has 6 heteroatoms. The second-order valence-corrected chi connectivity index (χ2v) is 6.06. The highest BCUT2D eigenvalue weighted by molar-refractivity contribution is 6.65. The second-order valence-electron chi connectivity index (χ2n) is 6.06. The molecule has 0 bridgehead atoms. The third kappa shape index (κ3) is 1.87. The Morgan fingerprint density at radius 3 is 2.45 bits per heavy atom. The summed E-state index contributed by atoms with van der Waals surface area (Å²) in [6.07, 6.45) is 1.40. The van der Waals surface area contributed by atoms with Crippen LogP contribution in [-0.4, -0.2) is 28.3 Å². The van der Waals surface area contributed by atoms with Crippen molar-refractivity contribution < 1.29 is 9.31 Å². The molecule has 1 aromatic heterocycles.